The molecule has 0 aliphatic carbocycles. The predicted molar refractivity (Wildman–Crippen MR) is 61.4 cm³/mol. The topological polar surface area (TPSA) is 29.5 Å². The van der Waals surface area contributed by atoms with Gasteiger partial charge in [-0.3, -0.25) is 0 Å². The highest BCUT2D eigenvalue weighted by molar-refractivity contribution is 7.90. The summed E-state index contributed by atoms with van der Waals surface area (Å²) in [6.07, 6.45) is 0. The molecule has 0 aliphatic rings. The Balaban J connectivity index is 2.78. The van der Waals surface area contributed by atoms with E-state index in [1.807, 2.05) is 38.2 Å². The van der Waals surface area contributed by atoms with Crippen molar-refractivity contribution in [1.82, 2.24) is 4.31 Å². The van der Waals surface area contributed by atoms with Crippen molar-refractivity contribution in [3.63, 3.8) is 0 Å². The first-order chi connectivity index (χ1) is 6.52. The van der Waals surface area contributed by atoms with Gasteiger partial charge in [-0.2, -0.15) is 4.31 Å². The fourth-order valence-corrected chi connectivity index (χ4v) is 1.88. The summed E-state index contributed by atoms with van der Waals surface area (Å²) in [7, 11) is 5.41. The van der Waals surface area contributed by atoms with E-state index in [2.05, 4.69) is 0 Å². The van der Waals surface area contributed by atoms with Gasteiger partial charge in [0.05, 0.1) is 12.7 Å². The number of anilines is 1. The molecule has 0 radical (unpaired) electrons. The number of aryl methyl sites for hydroxylation is 1. The predicted octanol–water partition coefficient (Wildman–Crippen LogP) is 1.57. The Hall–Kier alpha value is -0.710. The zero-order valence-electron chi connectivity index (χ0n) is 9.02. The first-order valence-electron chi connectivity index (χ1n) is 4.42. The van der Waals surface area contributed by atoms with Crippen molar-refractivity contribution in [2.75, 3.05) is 25.4 Å². The molecule has 78 valence electrons. The van der Waals surface area contributed by atoms with E-state index >= 15 is 0 Å². The zero-order valence-corrected chi connectivity index (χ0v) is 9.84. The Morgan fingerprint density at radius 1 is 1.07 bits per heavy atom. The van der Waals surface area contributed by atoms with Crippen molar-refractivity contribution < 1.29 is 4.55 Å². The number of hydrogen-bond donors (Lipinski definition) is 0. The van der Waals surface area contributed by atoms with E-state index in [1.54, 1.807) is 22.7 Å². The maximum atomic E-state index is 11.7. The molecule has 14 heavy (non-hydrogen) atoms. The summed E-state index contributed by atoms with van der Waals surface area (Å²) in [5.41, 5.74) is 2.17. The number of benzene rings is 1. The molecule has 4 heteroatoms. The molecule has 0 spiro atoms. The molecule has 0 heterocycles. The second kappa shape index (κ2) is 4.68. The van der Waals surface area contributed by atoms with Crippen molar-refractivity contribution >= 4 is 17.2 Å². The van der Waals surface area contributed by atoms with Crippen LogP contribution in [0, 0.1) is 6.92 Å². The monoisotopic (exact) mass is 212 g/mol. The van der Waals surface area contributed by atoms with Gasteiger partial charge in [-0.1, -0.05) is 17.7 Å². The van der Waals surface area contributed by atoms with Gasteiger partial charge in [-0.05, 0) is 19.1 Å². The molecule has 0 saturated heterocycles. The van der Waals surface area contributed by atoms with E-state index in [4.69, 9.17) is 0 Å². The van der Waals surface area contributed by atoms with Crippen LogP contribution in [0.3, 0.4) is 0 Å². The zero-order chi connectivity index (χ0) is 10.7. The Morgan fingerprint density at radius 2 is 1.57 bits per heavy atom. The SMILES string of the molecule is Cc1ccc(N(C)[S+]([O-])N(C)C)cc1. The van der Waals surface area contributed by atoms with Crippen LogP contribution in [0.15, 0.2) is 24.3 Å². The Morgan fingerprint density at radius 3 is 2.00 bits per heavy atom. The van der Waals surface area contributed by atoms with Crippen LogP contribution in [0.5, 0.6) is 0 Å². The van der Waals surface area contributed by atoms with Crippen LogP contribution in [-0.2, 0) is 11.5 Å². The molecule has 1 rings (SSSR count). The maximum Gasteiger partial charge on any atom is 0.168 e. The molecule has 1 atom stereocenters. The van der Waals surface area contributed by atoms with Crippen molar-refractivity contribution in [3.8, 4) is 0 Å². The molecule has 0 N–H and O–H groups in total. The summed E-state index contributed by atoms with van der Waals surface area (Å²) in [6, 6.07) is 7.96. The maximum absolute atomic E-state index is 11.7. The Labute approximate surface area is 88.8 Å². The third-order valence-electron chi connectivity index (χ3n) is 1.94. The molecular weight excluding hydrogens is 196 g/mol. The minimum absolute atomic E-state index is 0.961. The molecule has 1 aromatic carbocycles. The molecule has 0 saturated carbocycles. The second-order valence-corrected chi connectivity index (χ2v) is 5.12. The highest BCUT2D eigenvalue weighted by atomic mass is 32.2. The minimum atomic E-state index is -1.11. The summed E-state index contributed by atoms with van der Waals surface area (Å²) in [5.74, 6) is 0. The van der Waals surface area contributed by atoms with Crippen LogP contribution >= 0.6 is 0 Å². The van der Waals surface area contributed by atoms with Gasteiger partial charge >= 0.3 is 0 Å². The quantitative estimate of drug-likeness (QED) is 0.712. The molecule has 0 aliphatic heterocycles. The summed E-state index contributed by atoms with van der Waals surface area (Å²) >= 11 is -1.11. The van der Waals surface area contributed by atoms with E-state index in [-0.39, 0.29) is 0 Å². The van der Waals surface area contributed by atoms with Gasteiger partial charge in [0.1, 0.15) is 0 Å². The minimum Gasteiger partial charge on any atom is -0.573 e. The fraction of sp³-hybridized carbons (Fsp3) is 0.400. The van der Waals surface area contributed by atoms with Gasteiger partial charge in [-0.25, -0.2) is 0 Å². The molecule has 1 aromatic rings. The molecule has 1 unspecified atom stereocenters. The van der Waals surface area contributed by atoms with E-state index < -0.39 is 11.5 Å². The standard InChI is InChI=1S/C10H16N2OS/c1-9-5-7-10(8-6-9)12(4)14(13)11(2)3/h5-8H,1-4H3. The third-order valence-corrected chi connectivity index (χ3v) is 3.25. The molecule has 0 aromatic heterocycles. The first kappa shape index (κ1) is 11.4. The van der Waals surface area contributed by atoms with Crippen LogP contribution in [-0.4, -0.2) is 30.0 Å². The van der Waals surface area contributed by atoms with Crippen LogP contribution in [0.4, 0.5) is 5.69 Å². The summed E-state index contributed by atoms with van der Waals surface area (Å²) in [4.78, 5) is 0. The molecule has 0 fully saturated rings. The van der Waals surface area contributed by atoms with Gasteiger partial charge in [0.2, 0.25) is 0 Å². The Bertz CT molecular complexity index is 287. The lowest BCUT2D eigenvalue weighted by Gasteiger charge is -2.24. The normalized spacial score (nSPS) is 13.0. The van der Waals surface area contributed by atoms with Crippen LogP contribution in [0.2, 0.25) is 0 Å². The van der Waals surface area contributed by atoms with Gasteiger partial charge in [-0.15, -0.1) is 4.31 Å². The largest absolute Gasteiger partial charge is 0.573 e. The van der Waals surface area contributed by atoms with Gasteiger partial charge < -0.3 is 4.55 Å². The molecule has 0 amide bonds. The first-order valence-corrected chi connectivity index (χ1v) is 5.48. The van der Waals surface area contributed by atoms with Gasteiger partial charge in [0.25, 0.3) is 0 Å². The van der Waals surface area contributed by atoms with E-state index in [1.165, 1.54) is 5.56 Å². The lowest BCUT2D eigenvalue weighted by molar-refractivity contribution is 0.518. The van der Waals surface area contributed by atoms with Crippen LogP contribution < -0.4 is 4.31 Å². The summed E-state index contributed by atoms with van der Waals surface area (Å²) < 4.78 is 15.1. The highest BCUT2D eigenvalue weighted by Crippen LogP contribution is 2.17. The molecule has 0 bridgehead atoms. The average Bonchev–Trinajstić information content (AvgIpc) is 2.16. The van der Waals surface area contributed by atoms with Gasteiger partial charge in [0, 0.05) is 14.1 Å². The van der Waals surface area contributed by atoms with E-state index in [0.29, 0.717) is 0 Å². The van der Waals surface area contributed by atoms with Crippen LogP contribution in [0.1, 0.15) is 5.56 Å². The lowest BCUT2D eigenvalue weighted by Crippen LogP contribution is -2.37. The highest BCUT2D eigenvalue weighted by Gasteiger charge is 2.18. The van der Waals surface area contributed by atoms with Crippen molar-refractivity contribution in [3.05, 3.63) is 29.8 Å². The lowest BCUT2D eigenvalue weighted by atomic mass is 10.2. The Kier molecular flexibility index (Phi) is 3.80. The number of nitrogens with zero attached hydrogens (tertiary/aromatic N) is 2. The smallest absolute Gasteiger partial charge is 0.168 e. The van der Waals surface area contributed by atoms with E-state index in [0.717, 1.165) is 5.69 Å². The van der Waals surface area contributed by atoms with Crippen LogP contribution in [0.25, 0.3) is 0 Å². The average molecular weight is 212 g/mol. The van der Waals surface area contributed by atoms with Crippen molar-refractivity contribution in [2.45, 2.75) is 6.92 Å². The molecular formula is C10H16N2OS. The number of rotatable bonds is 3. The fourth-order valence-electron chi connectivity index (χ4n) is 1.09. The number of hydrogen-bond acceptors (Lipinski definition) is 3. The molecule has 3 nitrogen and oxygen atoms in total. The summed E-state index contributed by atoms with van der Waals surface area (Å²) in [6.45, 7) is 2.03. The second-order valence-electron chi connectivity index (χ2n) is 3.38. The van der Waals surface area contributed by atoms with Gasteiger partial charge in [0.15, 0.2) is 11.5 Å². The van der Waals surface area contributed by atoms with Crippen molar-refractivity contribution in [2.24, 2.45) is 0 Å². The van der Waals surface area contributed by atoms with E-state index in [9.17, 15) is 4.55 Å². The van der Waals surface area contributed by atoms with Crippen molar-refractivity contribution in [1.29, 1.82) is 0 Å². The third kappa shape index (κ3) is 2.64. The summed E-state index contributed by atoms with van der Waals surface area (Å²) in [5, 5.41) is 0.